The van der Waals surface area contributed by atoms with E-state index in [2.05, 4.69) is 61.8 Å². The van der Waals surface area contributed by atoms with Crippen molar-refractivity contribution in [2.45, 2.75) is 64.7 Å². The summed E-state index contributed by atoms with van der Waals surface area (Å²) in [5.41, 5.74) is 7.23. The molecule has 2 aliphatic rings. The van der Waals surface area contributed by atoms with Crippen molar-refractivity contribution < 1.29 is 0 Å². The van der Waals surface area contributed by atoms with Crippen molar-refractivity contribution in [2.75, 3.05) is 18.0 Å². The van der Waals surface area contributed by atoms with Gasteiger partial charge < -0.3 is 9.88 Å². The summed E-state index contributed by atoms with van der Waals surface area (Å²) in [7, 11) is 0. The Labute approximate surface area is 223 Å². The van der Waals surface area contributed by atoms with Crippen molar-refractivity contribution in [3.63, 3.8) is 0 Å². The van der Waals surface area contributed by atoms with Crippen LogP contribution in [0.2, 0.25) is 0 Å². The number of fused-ring (bicyclic) bond motifs is 1. The molecule has 1 saturated carbocycles. The molecule has 1 aliphatic heterocycles. The van der Waals surface area contributed by atoms with Crippen LogP contribution in [0.4, 0.5) is 5.69 Å². The number of imidazole rings is 1. The average molecular weight is 508 g/mol. The molecular formula is C31H37N7. The topological polar surface area (TPSA) is 86.4 Å². The third-order valence-corrected chi connectivity index (χ3v) is 8.19. The highest BCUT2D eigenvalue weighted by molar-refractivity contribution is 5.88. The predicted octanol–water partition coefficient (Wildman–Crippen LogP) is 5.15. The Morgan fingerprint density at radius 3 is 2.76 bits per heavy atom. The number of aromatic amines is 2. The number of pyridine rings is 2. The zero-order valence-corrected chi connectivity index (χ0v) is 22.3. The van der Waals surface area contributed by atoms with E-state index < -0.39 is 0 Å². The first-order chi connectivity index (χ1) is 18.7. The van der Waals surface area contributed by atoms with Crippen LogP contribution in [0.1, 0.15) is 69.4 Å². The molecule has 6 rings (SSSR count). The molecule has 0 radical (unpaired) electrons. The van der Waals surface area contributed by atoms with E-state index in [1.807, 2.05) is 24.7 Å². The standard InChI is InChI=1S/C31H37N7/c1-21(25-18-24(19-32-20-25)17-23-9-5-3-6-10-23)11-12-26-22(2)28(37-36-26)31-34-29-27(13-14-33-30(29)35-31)38-15-7-4-8-16-38/h11-14,18-20,23,36H,2-10,15-17H2,1H3,(H,33,34,35)/b21-11+,26-12+. The minimum Gasteiger partial charge on any atom is -0.370 e. The lowest BCUT2D eigenvalue weighted by Gasteiger charge is -2.28. The number of H-pyrrole nitrogens is 2. The van der Waals surface area contributed by atoms with Crippen LogP contribution in [0.15, 0.2) is 36.8 Å². The molecule has 0 bridgehead atoms. The lowest BCUT2D eigenvalue weighted by molar-refractivity contribution is 0.356. The molecule has 7 nitrogen and oxygen atoms in total. The molecule has 5 heterocycles. The molecule has 0 unspecified atom stereocenters. The van der Waals surface area contributed by atoms with E-state index in [4.69, 9.17) is 4.98 Å². The maximum absolute atomic E-state index is 4.76. The Kier molecular flexibility index (Phi) is 7.08. The lowest BCUT2D eigenvalue weighted by atomic mass is 9.85. The van der Waals surface area contributed by atoms with Crippen LogP contribution in [0.3, 0.4) is 0 Å². The monoisotopic (exact) mass is 507 g/mol. The Hall–Kier alpha value is -3.74. The molecule has 7 heteroatoms. The summed E-state index contributed by atoms with van der Waals surface area (Å²) in [6.07, 6.45) is 21.7. The zero-order valence-electron chi connectivity index (χ0n) is 22.3. The lowest BCUT2D eigenvalue weighted by Crippen LogP contribution is -2.29. The van der Waals surface area contributed by atoms with Crippen LogP contribution in [0.5, 0.6) is 0 Å². The summed E-state index contributed by atoms with van der Waals surface area (Å²) < 4.78 is 0. The van der Waals surface area contributed by atoms with Gasteiger partial charge in [-0.05, 0) is 73.4 Å². The Morgan fingerprint density at radius 1 is 1.11 bits per heavy atom. The highest BCUT2D eigenvalue weighted by Crippen LogP contribution is 2.29. The normalized spacial score (nSPS) is 18.0. The Bertz CT molecular complexity index is 1550. The molecule has 1 saturated heterocycles. The fraction of sp³-hybridized carbons (Fsp3) is 0.419. The van der Waals surface area contributed by atoms with Crippen molar-refractivity contribution in [3.05, 3.63) is 58.5 Å². The summed E-state index contributed by atoms with van der Waals surface area (Å²) in [5, 5.41) is 9.39. The molecule has 2 N–H and O–H groups in total. The van der Waals surface area contributed by atoms with Gasteiger partial charge in [0.05, 0.1) is 11.0 Å². The number of hydrogen-bond acceptors (Lipinski definition) is 5. The molecular weight excluding hydrogens is 470 g/mol. The second-order valence-electron chi connectivity index (χ2n) is 10.9. The number of nitrogens with zero attached hydrogens (tertiary/aromatic N) is 5. The number of hydrogen-bond donors (Lipinski definition) is 2. The molecule has 4 aromatic heterocycles. The van der Waals surface area contributed by atoms with Crippen LogP contribution in [0, 0.1) is 5.92 Å². The number of nitrogens with one attached hydrogen (secondary N) is 2. The van der Waals surface area contributed by atoms with Gasteiger partial charge in [-0.2, -0.15) is 5.10 Å². The number of piperidine rings is 1. The molecule has 38 heavy (non-hydrogen) atoms. The highest BCUT2D eigenvalue weighted by Gasteiger charge is 2.18. The quantitative estimate of drug-likeness (QED) is 0.377. The van der Waals surface area contributed by atoms with Crippen molar-refractivity contribution in [1.82, 2.24) is 30.1 Å². The van der Waals surface area contributed by atoms with E-state index in [0.29, 0.717) is 11.5 Å². The number of allylic oxidation sites excluding steroid dienone is 2. The van der Waals surface area contributed by atoms with Crippen LogP contribution < -0.4 is 15.5 Å². The predicted molar refractivity (Wildman–Crippen MR) is 155 cm³/mol. The van der Waals surface area contributed by atoms with Crippen molar-refractivity contribution in [3.8, 4) is 11.5 Å². The molecule has 2 fully saturated rings. The van der Waals surface area contributed by atoms with Crippen LogP contribution in [0.25, 0.3) is 40.9 Å². The first-order valence-electron chi connectivity index (χ1n) is 14.1. The van der Waals surface area contributed by atoms with Gasteiger partial charge in [-0.25, -0.2) is 9.97 Å². The largest absolute Gasteiger partial charge is 0.370 e. The Balaban J connectivity index is 1.24. The minimum absolute atomic E-state index is 0.693. The maximum Gasteiger partial charge on any atom is 0.180 e. The third-order valence-electron chi connectivity index (χ3n) is 8.19. The zero-order chi connectivity index (χ0) is 25.9. The van der Waals surface area contributed by atoms with Gasteiger partial charge in [0.15, 0.2) is 11.5 Å². The first kappa shape index (κ1) is 24.6. The fourth-order valence-electron chi connectivity index (χ4n) is 5.96. The second-order valence-corrected chi connectivity index (χ2v) is 10.9. The molecule has 0 atom stereocenters. The Morgan fingerprint density at radius 2 is 1.92 bits per heavy atom. The van der Waals surface area contributed by atoms with E-state index in [1.165, 1.54) is 62.6 Å². The number of rotatable bonds is 6. The molecule has 0 spiro atoms. The van der Waals surface area contributed by atoms with E-state index in [9.17, 15) is 0 Å². The summed E-state index contributed by atoms with van der Waals surface area (Å²) in [5.74, 6) is 1.50. The van der Waals surface area contributed by atoms with Gasteiger partial charge in [0, 0.05) is 36.9 Å². The van der Waals surface area contributed by atoms with Crippen molar-refractivity contribution in [2.24, 2.45) is 5.92 Å². The van der Waals surface area contributed by atoms with Gasteiger partial charge in [0.1, 0.15) is 11.2 Å². The molecule has 0 aromatic carbocycles. The van der Waals surface area contributed by atoms with Gasteiger partial charge in [-0.15, -0.1) is 0 Å². The van der Waals surface area contributed by atoms with Crippen LogP contribution in [-0.4, -0.2) is 43.2 Å². The number of anilines is 1. The fourth-order valence-corrected chi connectivity index (χ4v) is 5.96. The smallest absolute Gasteiger partial charge is 0.180 e. The first-order valence-corrected chi connectivity index (χ1v) is 14.1. The van der Waals surface area contributed by atoms with E-state index in [-0.39, 0.29) is 0 Å². The van der Waals surface area contributed by atoms with Gasteiger partial charge in [-0.3, -0.25) is 10.1 Å². The van der Waals surface area contributed by atoms with Gasteiger partial charge in [0.2, 0.25) is 0 Å². The van der Waals surface area contributed by atoms with Gasteiger partial charge >= 0.3 is 0 Å². The van der Waals surface area contributed by atoms with Crippen LogP contribution >= 0.6 is 0 Å². The SMILES string of the molecule is C=c1c(-c2nc3nccc(N4CCCCC4)c3[nH]2)n[nH]/c1=C/C=C(\C)c1cncc(CC2CCCCC2)c1. The molecule has 1 aliphatic carbocycles. The maximum atomic E-state index is 4.76. The molecule has 0 amide bonds. The van der Waals surface area contributed by atoms with Crippen LogP contribution in [-0.2, 0) is 6.42 Å². The van der Waals surface area contributed by atoms with Crippen molar-refractivity contribution in [1.29, 1.82) is 0 Å². The molecule has 196 valence electrons. The van der Waals surface area contributed by atoms with Gasteiger partial charge in [0.25, 0.3) is 0 Å². The van der Waals surface area contributed by atoms with E-state index in [1.54, 1.807) is 0 Å². The number of aromatic nitrogens is 6. The summed E-state index contributed by atoms with van der Waals surface area (Å²) in [6.45, 7) is 8.58. The van der Waals surface area contributed by atoms with Crippen molar-refractivity contribution >= 4 is 35.1 Å². The second kappa shape index (κ2) is 10.9. The minimum atomic E-state index is 0.693. The highest BCUT2D eigenvalue weighted by atomic mass is 15.2. The van der Waals surface area contributed by atoms with E-state index >= 15 is 0 Å². The summed E-state index contributed by atoms with van der Waals surface area (Å²) in [6, 6.07) is 4.38. The van der Waals surface area contributed by atoms with Gasteiger partial charge in [-0.1, -0.05) is 44.8 Å². The third kappa shape index (κ3) is 5.15. The average Bonchev–Trinajstić information content (AvgIpc) is 3.56. The summed E-state index contributed by atoms with van der Waals surface area (Å²) >= 11 is 0. The summed E-state index contributed by atoms with van der Waals surface area (Å²) in [4.78, 5) is 19.7. The molecule has 4 aromatic rings. The van der Waals surface area contributed by atoms with E-state index in [0.717, 1.165) is 58.3 Å².